The van der Waals surface area contributed by atoms with Gasteiger partial charge in [0.05, 0.1) is 10.6 Å². The normalized spacial score (nSPS) is 13.5. The Morgan fingerprint density at radius 2 is 1.82 bits per heavy atom. The lowest BCUT2D eigenvalue weighted by molar-refractivity contribution is 0.401. The van der Waals surface area contributed by atoms with E-state index in [9.17, 15) is 14.4 Å². The van der Waals surface area contributed by atoms with Crippen LogP contribution < -0.4 is 5.48 Å². The van der Waals surface area contributed by atoms with E-state index < -0.39 is 11.1 Å². The monoisotopic (exact) mass is 321 g/mol. The molecule has 5 nitrogen and oxygen atoms in total. The zero-order valence-electron chi connectivity index (χ0n) is 12.4. The van der Waals surface area contributed by atoms with Gasteiger partial charge in [-0.05, 0) is 42.2 Å². The predicted octanol–water partition coefficient (Wildman–Crippen LogP) is 3.68. The second kappa shape index (κ2) is 7.29. The van der Waals surface area contributed by atoms with Gasteiger partial charge in [-0.2, -0.15) is 4.28 Å². The lowest BCUT2D eigenvalue weighted by Crippen LogP contribution is -2.05. The molecule has 0 saturated carbocycles. The molecular weight excluding hydrogens is 302 g/mol. The Morgan fingerprint density at radius 1 is 1.14 bits per heavy atom. The predicted molar refractivity (Wildman–Crippen MR) is 86.0 cm³/mol. The lowest BCUT2D eigenvalue weighted by Gasteiger charge is -2.10. The van der Waals surface area contributed by atoms with Gasteiger partial charge in [0.2, 0.25) is 11.1 Å². The Balaban J connectivity index is 1.98. The van der Waals surface area contributed by atoms with E-state index in [-0.39, 0.29) is 11.5 Å². The third-order valence-corrected chi connectivity index (χ3v) is 4.36. The molecule has 2 aromatic rings. The Hall–Kier alpha value is -2.05. The molecule has 0 spiro atoms. The molecule has 2 atom stereocenters. The number of anilines is 1. The largest absolute Gasteiger partial charge is 0.504 e. The molecule has 0 saturated heterocycles. The molecule has 0 heterocycles. The van der Waals surface area contributed by atoms with Crippen LogP contribution >= 0.6 is 0 Å². The maximum atomic E-state index is 12.0. The van der Waals surface area contributed by atoms with Crippen molar-refractivity contribution in [2.75, 3.05) is 5.48 Å². The summed E-state index contributed by atoms with van der Waals surface area (Å²) in [7, 11) is 0. The molecule has 3 N–H and O–H groups in total. The molecule has 0 fully saturated rings. The third-order valence-electron chi connectivity index (χ3n) is 3.46. The number of rotatable bonds is 6. The van der Waals surface area contributed by atoms with Crippen LogP contribution in [0.15, 0.2) is 47.4 Å². The van der Waals surface area contributed by atoms with Crippen LogP contribution in [-0.4, -0.2) is 14.4 Å². The van der Waals surface area contributed by atoms with Crippen LogP contribution in [0.25, 0.3) is 0 Å². The summed E-state index contributed by atoms with van der Waals surface area (Å²) in [6.07, 6.45) is 1.05. The van der Waals surface area contributed by atoms with Crippen molar-refractivity contribution in [1.29, 1.82) is 0 Å². The van der Waals surface area contributed by atoms with Gasteiger partial charge in [0, 0.05) is 6.07 Å². The average Bonchev–Trinajstić information content (AvgIpc) is 2.55. The summed E-state index contributed by atoms with van der Waals surface area (Å²) in [4.78, 5) is 0.544. The van der Waals surface area contributed by atoms with E-state index in [1.807, 2.05) is 12.1 Å². The molecule has 0 aliphatic rings. The van der Waals surface area contributed by atoms with E-state index in [2.05, 4.69) is 19.3 Å². The van der Waals surface area contributed by atoms with Crippen molar-refractivity contribution >= 4 is 16.8 Å². The zero-order chi connectivity index (χ0) is 16.1. The van der Waals surface area contributed by atoms with E-state index in [1.54, 1.807) is 12.1 Å². The standard InChI is InChI=1S/C16H19NO4S/c1-3-11(2)12-4-7-14(8-5-12)22(20)21-17-13-6-9-15(18)16(19)10-13/h4-11,17-19H,3H2,1-2H3. The second-order valence-electron chi connectivity index (χ2n) is 5.00. The first-order chi connectivity index (χ1) is 10.5. The fraction of sp³-hybridized carbons (Fsp3) is 0.250. The summed E-state index contributed by atoms with van der Waals surface area (Å²) in [5.74, 6) is -0.0499. The molecular formula is C16H19NO4S. The highest BCUT2D eigenvalue weighted by atomic mass is 32.2. The molecule has 0 aromatic heterocycles. The fourth-order valence-corrected chi connectivity index (χ4v) is 2.49. The van der Waals surface area contributed by atoms with Gasteiger partial charge >= 0.3 is 0 Å². The minimum atomic E-state index is -1.67. The van der Waals surface area contributed by atoms with E-state index in [1.165, 1.54) is 23.8 Å². The summed E-state index contributed by atoms with van der Waals surface area (Å²) in [6.45, 7) is 4.26. The average molecular weight is 321 g/mol. The highest BCUT2D eigenvalue weighted by molar-refractivity contribution is 7.80. The van der Waals surface area contributed by atoms with E-state index in [0.717, 1.165) is 6.42 Å². The molecule has 0 amide bonds. The Morgan fingerprint density at radius 3 is 2.41 bits per heavy atom. The number of benzene rings is 2. The first-order valence-corrected chi connectivity index (χ1v) is 8.05. The highest BCUT2D eigenvalue weighted by Gasteiger charge is 2.08. The van der Waals surface area contributed by atoms with Crippen LogP contribution in [-0.2, 0) is 15.4 Å². The van der Waals surface area contributed by atoms with Gasteiger partial charge in [0.1, 0.15) is 0 Å². The molecule has 22 heavy (non-hydrogen) atoms. The van der Waals surface area contributed by atoms with Crippen molar-refractivity contribution in [2.24, 2.45) is 0 Å². The summed E-state index contributed by atoms with van der Waals surface area (Å²) in [6, 6.07) is 11.5. The molecule has 6 heteroatoms. The molecule has 0 aliphatic heterocycles. The van der Waals surface area contributed by atoms with Crippen molar-refractivity contribution in [3.63, 3.8) is 0 Å². The third kappa shape index (κ3) is 3.99. The molecule has 0 radical (unpaired) electrons. The van der Waals surface area contributed by atoms with Crippen molar-refractivity contribution in [2.45, 2.75) is 31.1 Å². The van der Waals surface area contributed by atoms with Gasteiger partial charge in [-0.1, -0.05) is 26.0 Å². The van der Waals surface area contributed by atoms with Gasteiger partial charge in [-0.25, -0.2) is 4.21 Å². The maximum absolute atomic E-state index is 12.0. The van der Waals surface area contributed by atoms with Gasteiger partial charge in [0.15, 0.2) is 11.5 Å². The summed E-state index contributed by atoms with van der Waals surface area (Å²) in [5.41, 5.74) is 4.07. The van der Waals surface area contributed by atoms with Crippen molar-refractivity contribution in [3.05, 3.63) is 48.0 Å². The molecule has 2 aromatic carbocycles. The van der Waals surface area contributed by atoms with Gasteiger partial charge in [-0.15, -0.1) is 0 Å². The molecule has 118 valence electrons. The molecule has 0 bridgehead atoms. The Bertz CT molecular complexity index is 658. The quantitative estimate of drug-likeness (QED) is 0.430. The van der Waals surface area contributed by atoms with Crippen LogP contribution in [0.3, 0.4) is 0 Å². The van der Waals surface area contributed by atoms with Crippen molar-refractivity contribution < 1.29 is 18.7 Å². The maximum Gasteiger partial charge on any atom is 0.212 e. The van der Waals surface area contributed by atoms with Crippen LogP contribution in [0.1, 0.15) is 31.7 Å². The first kappa shape index (κ1) is 16.3. The van der Waals surface area contributed by atoms with Crippen LogP contribution in [0, 0.1) is 0 Å². The van der Waals surface area contributed by atoms with Gasteiger partial charge in [0.25, 0.3) is 0 Å². The Labute approximate surface area is 132 Å². The second-order valence-corrected chi connectivity index (χ2v) is 6.11. The lowest BCUT2D eigenvalue weighted by atomic mass is 9.99. The Kier molecular flexibility index (Phi) is 5.41. The zero-order valence-corrected chi connectivity index (χ0v) is 13.3. The minimum Gasteiger partial charge on any atom is -0.504 e. The molecule has 0 aliphatic carbocycles. The number of aromatic hydroxyl groups is 2. The van der Waals surface area contributed by atoms with E-state index in [4.69, 9.17) is 4.28 Å². The van der Waals surface area contributed by atoms with Gasteiger partial charge in [-0.3, -0.25) is 5.48 Å². The topological polar surface area (TPSA) is 78.8 Å². The number of phenolic OH excluding ortho intramolecular Hbond substituents is 2. The molecule has 2 unspecified atom stereocenters. The van der Waals surface area contributed by atoms with Crippen LogP contribution in [0.4, 0.5) is 5.69 Å². The number of hydrogen-bond donors (Lipinski definition) is 3. The van der Waals surface area contributed by atoms with E-state index >= 15 is 0 Å². The summed E-state index contributed by atoms with van der Waals surface area (Å²) in [5, 5.41) is 18.6. The smallest absolute Gasteiger partial charge is 0.212 e. The van der Waals surface area contributed by atoms with Crippen LogP contribution in [0.2, 0.25) is 0 Å². The van der Waals surface area contributed by atoms with Gasteiger partial charge < -0.3 is 10.2 Å². The first-order valence-electron chi connectivity index (χ1n) is 6.98. The fourth-order valence-electron chi connectivity index (χ4n) is 1.86. The van der Waals surface area contributed by atoms with E-state index in [0.29, 0.717) is 16.5 Å². The summed E-state index contributed by atoms with van der Waals surface area (Å²) < 4.78 is 17.1. The van der Waals surface area contributed by atoms with Crippen molar-refractivity contribution in [1.82, 2.24) is 0 Å². The number of nitrogens with one attached hydrogen (secondary N) is 1. The minimum absolute atomic E-state index is 0.229. The highest BCUT2D eigenvalue weighted by Crippen LogP contribution is 2.27. The van der Waals surface area contributed by atoms with Crippen molar-refractivity contribution in [3.8, 4) is 11.5 Å². The number of hydrogen-bond acceptors (Lipinski definition) is 5. The SMILES string of the molecule is CCC(C)c1ccc(S(=O)ONc2ccc(O)c(O)c2)cc1. The molecule has 2 rings (SSSR count). The van der Waals surface area contributed by atoms with Crippen LogP contribution in [0.5, 0.6) is 11.5 Å². The summed E-state index contributed by atoms with van der Waals surface area (Å²) >= 11 is -1.67. The number of phenols is 2.